The lowest BCUT2D eigenvalue weighted by Gasteiger charge is -2.24. The molecule has 0 aliphatic carbocycles. The van der Waals surface area contributed by atoms with Crippen molar-refractivity contribution in [2.75, 3.05) is 13.1 Å². The number of aryl methyl sites for hydroxylation is 1. The highest BCUT2D eigenvalue weighted by molar-refractivity contribution is 6.30. The quantitative estimate of drug-likeness (QED) is 0.802. The van der Waals surface area contributed by atoms with Gasteiger partial charge in [0.1, 0.15) is 0 Å². The van der Waals surface area contributed by atoms with Crippen molar-refractivity contribution in [1.29, 1.82) is 0 Å². The fourth-order valence-electron chi connectivity index (χ4n) is 2.05. The maximum Gasteiger partial charge on any atom is 0.305 e. The predicted octanol–water partition coefficient (Wildman–Crippen LogP) is 3.23. The second kappa shape index (κ2) is 8.67. The van der Waals surface area contributed by atoms with E-state index in [4.69, 9.17) is 16.7 Å². The summed E-state index contributed by atoms with van der Waals surface area (Å²) in [5.41, 5.74) is 1.05. The zero-order valence-corrected chi connectivity index (χ0v) is 13.3. The van der Waals surface area contributed by atoms with Crippen molar-refractivity contribution in [3.05, 3.63) is 34.9 Å². The highest BCUT2D eigenvalue weighted by Gasteiger charge is 2.16. The zero-order chi connectivity index (χ0) is 15.8. The number of aliphatic carboxylic acids is 1. The average Bonchev–Trinajstić information content (AvgIpc) is 2.42. The minimum atomic E-state index is -0.880. The fraction of sp³-hybridized carbons (Fsp3) is 0.500. The van der Waals surface area contributed by atoms with Crippen LogP contribution in [0.3, 0.4) is 0 Å². The van der Waals surface area contributed by atoms with Crippen molar-refractivity contribution in [2.24, 2.45) is 5.92 Å². The number of amides is 1. The van der Waals surface area contributed by atoms with Crippen molar-refractivity contribution in [3.8, 4) is 0 Å². The van der Waals surface area contributed by atoms with Gasteiger partial charge in [-0.15, -0.1) is 0 Å². The third-order valence-corrected chi connectivity index (χ3v) is 3.33. The van der Waals surface area contributed by atoms with E-state index in [0.717, 1.165) is 5.56 Å². The van der Waals surface area contributed by atoms with Gasteiger partial charge in [0.2, 0.25) is 5.91 Å². The molecule has 0 radical (unpaired) electrons. The van der Waals surface area contributed by atoms with Crippen molar-refractivity contribution in [1.82, 2.24) is 4.90 Å². The van der Waals surface area contributed by atoms with Crippen LogP contribution in [0.15, 0.2) is 24.3 Å². The van der Waals surface area contributed by atoms with E-state index < -0.39 is 5.97 Å². The Bertz CT molecular complexity index is 471. The monoisotopic (exact) mass is 311 g/mol. The Labute approximate surface area is 130 Å². The molecule has 1 aromatic carbocycles. The number of rotatable bonds is 8. The van der Waals surface area contributed by atoms with Crippen LogP contribution in [0.25, 0.3) is 0 Å². The summed E-state index contributed by atoms with van der Waals surface area (Å²) < 4.78 is 0. The van der Waals surface area contributed by atoms with E-state index in [-0.39, 0.29) is 18.9 Å². The third-order valence-electron chi connectivity index (χ3n) is 3.07. The molecule has 1 rings (SSSR count). The number of hydrogen-bond donors (Lipinski definition) is 1. The van der Waals surface area contributed by atoms with Crippen molar-refractivity contribution >= 4 is 23.5 Å². The van der Waals surface area contributed by atoms with Gasteiger partial charge in [-0.05, 0) is 30.0 Å². The molecule has 0 unspecified atom stereocenters. The largest absolute Gasteiger partial charge is 0.481 e. The maximum atomic E-state index is 12.2. The minimum Gasteiger partial charge on any atom is -0.481 e. The molecule has 5 heteroatoms. The summed E-state index contributed by atoms with van der Waals surface area (Å²) in [6.45, 7) is 4.89. The van der Waals surface area contributed by atoms with Crippen LogP contribution in [0.4, 0.5) is 0 Å². The van der Waals surface area contributed by atoms with E-state index >= 15 is 0 Å². The molecule has 116 valence electrons. The van der Waals surface area contributed by atoms with E-state index in [2.05, 4.69) is 0 Å². The minimum absolute atomic E-state index is 0.0000926. The van der Waals surface area contributed by atoms with Gasteiger partial charge in [-0.3, -0.25) is 9.59 Å². The van der Waals surface area contributed by atoms with Crippen LogP contribution in [0, 0.1) is 5.92 Å². The lowest BCUT2D eigenvalue weighted by Crippen LogP contribution is -2.36. The first-order valence-electron chi connectivity index (χ1n) is 7.12. The van der Waals surface area contributed by atoms with E-state index in [9.17, 15) is 9.59 Å². The van der Waals surface area contributed by atoms with Crippen molar-refractivity contribution in [2.45, 2.75) is 33.1 Å². The summed E-state index contributed by atoms with van der Waals surface area (Å²) >= 11 is 5.82. The molecular formula is C16H22ClNO3. The van der Waals surface area contributed by atoms with E-state index in [1.54, 1.807) is 17.0 Å². The van der Waals surface area contributed by atoms with E-state index in [1.807, 2.05) is 26.0 Å². The standard InChI is InChI=1S/C16H22ClNO3/c1-12(2)11-18(10-9-16(20)21)15(19)8-5-13-3-6-14(17)7-4-13/h3-4,6-7,12H,5,8-11H2,1-2H3,(H,20,21). The fourth-order valence-corrected chi connectivity index (χ4v) is 2.18. The van der Waals surface area contributed by atoms with Crippen LogP contribution < -0.4 is 0 Å². The number of carboxylic acid groups (broad SMARTS) is 1. The Morgan fingerprint density at radius 1 is 1.19 bits per heavy atom. The molecule has 0 fully saturated rings. The van der Waals surface area contributed by atoms with Gasteiger partial charge in [0.05, 0.1) is 6.42 Å². The summed E-state index contributed by atoms with van der Waals surface area (Å²) in [6, 6.07) is 7.41. The molecular weight excluding hydrogens is 290 g/mol. The van der Waals surface area contributed by atoms with Gasteiger partial charge in [0, 0.05) is 24.5 Å². The Morgan fingerprint density at radius 2 is 1.81 bits per heavy atom. The zero-order valence-electron chi connectivity index (χ0n) is 12.5. The van der Waals surface area contributed by atoms with Gasteiger partial charge in [0.25, 0.3) is 0 Å². The number of carboxylic acids is 1. The molecule has 1 aromatic rings. The van der Waals surface area contributed by atoms with Crippen molar-refractivity contribution < 1.29 is 14.7 Å². The molecule has 0 heterocycles. The van der Waals surface area contributed by atoms with Crippen LogP contribution in [-0.4, -0.2) is 35.0 Å². The molecule has 0 spiro atoms. The molecule has 0 saturated heterocycles. The first-order chi connectivity index (χ1) is 9.88. The first-order valence-corrected chi connectivity index (χ1v) is 7.50. The number of carbonyl (C=O) groups is 2. The number of carbonyl (C=O) groups excluding carboxylic acids is 1. The Hall–Kier alpha value is -1.55. The normalized spacial score (nSPS) is 10.7. The van der Waals surface area contributed by atoms with Crippen LogP contribution in [0.1, 0.15) is 32.3 Å². The highest BCUT2D eigenvalue weighted by Crippen LogP contribution is 2.12. The van der Waals surface area contributed by atoms with Crippen LogP contribution in [0.2, 0.25) is 5.02 Å². The molecule has 0 aliphatic heterocycles. The smallest absolute Gasteiger partial charge is 0.305 e. The van der Waals surface area contributed by atoms with Crippen LogP contribution in [0.5, 0.6) is 0 Å². The van der Waals surface area contributed by atoms with Crippen molar-refractivity contribution in [3.63, 3.8) is 0 Å². The molecule has 0 aromatic heterocycles. The summed E-state index contributed by atoms with van der Waals surface area (Å²) in [5, 5.41) is 9.44. The van der Waals surface area contributed by atoms with Crippen LogP contribution >= 0.6 is 11.6 Å². The Balaban J connectivity index is 2.54. The molecule has 0 aliphatic rings. The second-order valence-electron chi connectivity index (χ2n) is 5.50. The summed E-state index contributed by atoms with van der Waals surface area (Å²) in [5.74, 6) is -0.563. The number of hydrogen-bond acceptors (Lipinski definition) is 2. The van der Waals surface area contributed by atoms with Gasteiger partial charge in [0.15, 0.2) is 0 Å². The molecule has 0 bridgehead atoms. The molecule has 4 nitrogen and oxygen atoms in total. The summed E-state index contributed by atoms with van der Waals surface area (Å²) in [7, 11) is 0. The third kappa shape index (κ3) is 7.14. The molecule has 1 amide bonds. The number of benzene rings is 1. The summed E-state index contributed by atoms with van der Waals surface area (Å²) in [6.07, 6.45) is 1.01. The topological polar surface area (TPSA) is 57.6 Å². The number of halogens is 1. The molecule has 0 saturated carbocycles. The lowest BCUT2D eigenvalue weighted by atomic mass is 10.1. The first kappa shape index (κ1) is 17.5. The van der Waals surface area contributed by atoms with E-state index in [1.165, 1.54) is 0 Å². The Morgan fingerprint density at radius 3 is 2.33 bits per heavy atom. The van der Waals surface area contributed by atoms with E-state index in [0.29, 0.717) is 30.3 Å². The summed E-state index contributed by atoms with van der Waals surface area (Å²) in [4.78, 5) is 24.6. The van der Waals surface area contributed by atoms with Gasteiger partial charge in [-0.25, -0.2) is 0 Å². The average molecular weight is 312 g/mol. The Kier molecular flexibility index (Phi) is 7.23. The second-order valence-corrected chi connectivity index (χ2v) is 5.94. The molecule has 0 atom stereocenters. The maximum absolute atomic E-state index is 12.2. The van der Waals surface area contributed by atoms with Gasteiger partial charge in [-0.1, -0.05) is 37.6 Å². The van der Waals surface area contributed by atoms with Gasteiger partial charge >= 0.3 is 5.97 Å². The SMILES string of the molecule is CC(C)CN(CCC(=O)O)C(=O)CCc1ccc(Cl)cc1. The highest BCUT2D eigenvalue weighted by atomic mass is 35.5. The van der Waals surface area contributed by atoms with Gasteiger partial charge in [-0.2, -0.15) is 0 Å². The van der Waals surface area contributed by atoms with Gasteiger partial charge < -0.3 is 10.0 Å². The lowest BCUT2D eigenvalue weighted by molar-refractivity contribution is -0.138. The number of nitrogens with zero attached hydrogens (tertiary/aromatic N) is 1. The molecule has 21 heavy (non-hydrogen) atoms. The molecule has 1 N–H and O–H groups in total. The predicted molar refractivity (Wildman–Crippen MR) is 83.4 cm³/mol. The van der Waals surface area contributed by atoms with Crippen LogP contribution in [-0.2, 0) is 16.0 Å².